The van der Waals surface area contributed by atoms with Crippen LogP contribution in [-0.2, 0) is 0 Å². The lowest BCUT2D eigenvalue weighted by molar-refractivity contribution is 0.154. The zero-order valence-electron chi connectivity index (χ0n) is 19.9. The highest BCUT2D eigenvalue weighted by atomic mass is 35.5. The lowest BCUT2D eigenvalue weighted by Gasteiger charge is -2.32. The van der Waals surface area contributed by atoms with Gasteiger partial charge in [-0.25, -0.2) is 14.8 Å². The van der Waals surface area contributed by atoms with Crippen LogP contribution in [0.4, 0.5) is 16.6 Å². The predicted molar refractivity (Wildman–Crippen MR) is 143 cm³/mol. The average Bonchev–Trinajstić information content (AvgIpc) is 2.83. The van der Waals surface area contributed by atoms with Crippen LogP contribution >= 0.6 is 23.2 Å². The van der Waals surface area contributed by atoms with Crippen LogP contribution in [0.3, 0.4) is 0 Å². The Kier molecular flexibility index (Phi) is 8.56. The Morgan fingerprint density at radius 2 is 1.86 bits per heavy atom. The third-order valence-electron chi connectivity index (χ3n) is 5.90. The summed E-state index contributed by atoms with van der Waals surface area (Å²) >= 11 is 12.9. The lowest BCUT2D eigenvalue weighted by atomic mass is 10.0. The number of piperazine rings is 1. The van der Waals surface area contributed by atoms with E-state index in [0.29, 0.717) is 50.5 Å². The van der Waals surface area contributed by atoms with Gasteiger partial charge in [0.15, 0.2) is 5.65 Å². The quantitative estimate of drug-likeness (QED) is 0.386. The zero-order valence-corrected chi connectivity index (χ0v) is 21.5. The molecule has 2 amide bonds. The van der Waals surface area contributed by atoms with Gasteiger partial charge >= 0.3 is 6.03 Å². The average molecular weight is 517 g/mol. The van der Waals surface area contributed by atoms with Gasteiger partial charge in [0, 0.05) is 62.0 Å². The van der Waals surface area contributed by atoms with E-state index < -0.39 is 0 Å². The number of benzene rings is 1. The number of urea groups is 1. The van der Waals surface area contributed by atoms with Crippen LogP contribution in [0.15, 0.2) is 30.5 Å². The number of carbonyl (C=O) groups excluding carboxylic acids is 1. The zero-order chi connectivity index (χ0) is 24.8. The number of fused-ring (bicyclic) bond motifs is 1. The topological polar surface area (TPSA) is 98.3 Å². The fourth-order valence-electron chi connectivity index (χ4n) is 3.98. The van der Waals surface area contributed by atoms with Crippen LogP contribution < -0.4 is 16.0 Å². The first-order chi connectivity index (χ1) is 16.9. The van der Waals surface area contributed by atoms with Gasteiger partial charge in [0.2, 0.25) is 5.95 Å². The second kappa shape index (κ2) is 11.8. The number of carbonyl (C=O) groups is 1. The summed E-state index contributed by atoms with van der Waals surface area (Å²) in [6, 6.07) is 6.72. The van der Waals surface area contributed by atoms with Gasteiger partial charge in [-0.15, -0.1) is 0 Å². The summed E-state index contributed by atoms with van der Waals surface area (Å²) in [6.07, 6.45) is 2.70. The van der Waals surface area contributed by atoms with Gasteiger partial charge in [-0.1, -0.05) is 29.3 Å². The van der Waals surface area contributed by atoms with Gasteiger partial charge < -0.3 is 20.4 Å². The van der Waals surface area contributed by atoms with Gasteiger partial charge in [-0.2, -0.15) is 4.98 Å². The predicted octanol–water partition coefficient (Wildman–Crippen LogP) is 4.19. The summed E-state index contributed by atoms with van der Waals surface area (Å²) in [4.78, 5) is 30.8. The summed E-state index contributed by atoms with van der Waals surface area (Å²) in [5.74, 6) is 0.814. The van der Waals surface area contributed by atoms with Crippen molar-refractivity contribution in [3.63, 3.8) is 0 Å². The Labute approximate surface area is 215 Å². The summed E-state index contributed by atoms with van der Waals surface area (Å²) < 4.78 is 0. The fourth-order valence-corrected chi connectivity index (χ4v) is 4.58. The molecular formula is C24H30Cl2N8O. The minimum atomic E-state index is -0.375. The lowest BCUT2D eigenvalue weighted by Crippen LogP contribution is -2.44. The maximum atomic E-state index is 12.3. The molecule has 3 N–H and O–H groups in total. The number of hydrogen-bond acceptors (Lipinski definition) is 7. The van der Waals surface area contributed by atoms with Crippen molar-refractivity contribution in [3.8, 4) is 11.1 Å². The van der Waals surface area contributed by atoms with E-state index in [0.717, 1.165) is 45.7 Å². The van der Waals surface area contributed by atoms with E-state index in [-0.39, 0.29) is 6.03 Å². The number of likely N-dealkylation sites (N-methyl/N-ethyl adjacent to an activating group) is 1. The van der Waals surface area contributed by atoms with Gasteiger partial charge in [-0.3, -0.25) is 5.32 Å². The van der Waals surface area contributed by atoms with E-state index in [4.69, 9.17) is 23.2 Å². The maximum Gasteiger partial charge on any atom is 0.320 e. The Balaban J connectivity index is 1.54. The van der Waals surface area contributed by atoms with E-state index in [1.54, 1.807) is 24.4 Å². The molecule has 186 valence electrons. The number of hydrogen-bond donors (Lipinski definition) is 3. The molecule has 1 aliphatic heterocycles. The standard InChI is InChI=1S/C24H30Cl2N8O/c1-3-27-24(35)32-22-17(20-18(25)6-4-7-19(20)26)14-16-15-29-23(31-21(16)30-22)28-8-5-9-34-12-10-33(2)11-13-34/h4,6-7,14-15H,3,5,8-13H2,1-2H3,(H3,27,28,29,30,31,32,35). The van der Waals surface area contributed by atoms with Gasteiger partial charge in [-0.05, 0) is 45.1 Å². The normalized spacial score (nSPS) is 14.7. The number of pyridine rings is 1. The molecule has 0 aliphatic carbocycles. The van der Waals surface area contributed by atoms with Crippen molar-refractivity contribution < 1.29 is 4.79 Å². The molecule has 0 atom stereocenters. The van der Waals surface area contributed by atoms with Crippen LogP contribution in [0.5, 0.6) is 0 Å². The molecule has 1 aliphatic rings. The summed E-state index contributed by atoms with van der Waals surface area (Å²) in [5, 5.41) is 10.4. The number of rotatable bonds is 8. The molecule has 0 bridgehead atoms. The third-order valence-corrected chi connectivity index (χ3v) is 6.53. The van der Waals surface area contributed by atoms with Gasteiger partial charge in [0.1, 0.15) is 5.82 Å². The molecule has 35 heavy (non-hydrogen) atoms. The summed E-state index contributed by atoms with van der Waals surface area (Å²) in [7, 11) is 2.16. The molecule has 9 nitrogen and oxygen atoms in total. The number of nitrogens with zero attached hydrogens (tertiary/aromatic N) is 5. The Bertz CT molecular complexity index is 1160. The molecule has 0 radical (unpaired) electrons. The van der Waals surface area contributed by atoms with Crippen molar-refractivity contribution in [2.24, 2.45) is 0 Å². The monoisotopic (exact) mass is 516 g/mol. The largest absolute Gasteiger partial charge is 0.354 e. The van der Waals surface area contributed by atoms with Crippen molar-refractivity contribution in [2.45, 2.75) is 13.3 Å². The number of amides is 2. The first-order valence-electron chi connectivity index (χ1n) is 11.8. The minimum absolute atomic E-state index is 0.318. The van der Waals surface area contributed by atoms with Crippen molar-refractivity contribution >= 4 is 52.0 Å². The highest BCUT2D eigenvalue weighted by Crippen LogP contribution is 2.39. The molecule has 2 aromatic heterocycles. The molecule has 3 aromatic rings. The van der Waals surface area contributed by atoms with Gasteiger partial charge in [0.25, 0.3) is 0 Å². The highest BCUT2D eigenvalue weighted by Gasteiger charge is 2.18. The molecular weight excluding hydrogens is 487 g/mol. The summed E-state index contributed by atoms with van der Waals surface area (Å²) in [5.41, 5.74) is 1.64. The number of halogens is 2. The van der Waals surface area contributed by atoms with E-state index in [1.165, 1.54) is 0 Å². The number of nitrogens with one attached hydrogen (secondary N) is 3. The van der Waals surface area contributed by atoms with E-state index in [1.807, 2.05) is 13.0 Å². The number of anilines is 2. The van der Waals surface area contributed by atoms with Crippen LogP contribution in [0.25, 0.3) is 22.2 Å². The smallest absolute Gasteiger partial charge is 0.320 e. The van der Waals surface area contributed by atoms with Crippen molar-refractivity contribution in [1.82, 2.24) is 30.1 Å². The molecule has 3 heterocycles. The Hall–Kier alpha value is -2.72. The van der Waals surface area contributed by atoms with Crippen LogP contribution in [0.1, 0.15) is 13.3 Å². The second-order valence-electron chi connectivity index (χ2n) is 8.50. The molecule has 1 fully saturated rings. The number of aromatic nitrogens is 3. The molecule has 11 heteroatoms. The molecule has 1 aromatic carbocycles. The SMILES string of the molecule is CCNC(=O)Nc1nc2nc(NCCCN3CCN(C)CC3)ncc2cc1-c1c(Cl)cccc1Cl. The van der Waals surface area contributed by atoms with Crippen molar-refractivity contribution in [1.29, 1.82) is 0 Å². The van der Waals surface area contributed by atoms with Crippen LogP contribution in [0, 0.1) is 0 Å². The van der Waals surface area contributed by atoms with E-state index in [2.05, 4.69) is 47.7 Å². The summed E-state index contributed by atoms with van der Waals surface area (Å²) in [6.45, 7) is 8.55. The molecule has 0 saturated carbocycles. The fraction of sp³-hybridized carbons (Fsp3) is 0.417. The maximum absolute atomic E-state index is 12.3. The first kappa shape index (κ1) is 25.4. The molecule has 0 unspecified atom stereocenters. The van der Waals surface area contributed by atoms with Gasteiger partial charge in [0.05, 0.1) is 10.0 Å². The Morgan fingerprint density at radius 3 is 2.57 bits per heavy atom. The van der Waals surface area contributed by atoms with Crippen molar-refractivity contribution in [3.05, 3.63) is 40.5 Å². The third kappa shape index (κ3) is 6.49. The van der Waals surface area contributed by atoms with E-state index >= 15 is 0 Å². The molecule has 4 rings (SSSR count). The van der Waals surface area contributed by atoms with Crippen molar-refractivity contribution in [2.75, 3.05) is 63.5 Å². The molecule has 1 saturated heterocycles. The first-order valence-corrected chi connectivity index (χ1v) is 12.5. The van der Waals surface area contributed by atoms with Crippen LogP contribution in [-0.4, -0.2) is 83.6 Å². The highest BCUT2D eigenvalue weighted by molar-refractivity contribution is 6.39. The second-order valence-corrected chi connectivity index (χ2v) is 9.31. The Morgan fingerprint density at radius 1 is 1.11 bits per heavy atom. The van der Waals surface area contributed by atoms with Crippen LogP contribution in [0.2, 0.25) is 10.0 Å². The molecule has 0 spiro atoms. The van der Waals surface area contributed by atoms with E-state index in [9.17, 15) is 4.79 Å². The minimum Gasteiger partial charge on any atom is -0.354 e.